The molecule has 0 unspecified atom stereocenters. The highest BCUT2D eigenvalue weighted by Gasteiger charge is 2.21. The molecule has 1 fully saturated rings. The van der Waals surface area contributed by atoms with Crippen molar-refractivity contribution in [3.8, 4) is 0 Å². The Morgan fingerprint density at radius 3 is 3.00 bits per heavy atom. The van der Waals surface area contributed by atoms with E-state index >= 15 is 0 Å². The highest BCUT2D eigenvalue weighted by molar-refractivity contribution is 9.10. The molecule has 1 aromatic carbocycles. The van der Waals surface area contributed by atoms with Gasteiger partial charge in [0, 0.05) is 17.1 Å². The first-order valence-electron chi connectivity index (χ1n) is 6.66. The molecular formula is C14H18BrN3. The maximum atomic E-state index is 4.76. The minimum atomic E-state index is 0.728. The Balaban J connectivity index is 1.95. The Kier molecular flexibility index (Phi) is 3.39. The highest BCUT2D eigenvalue weighted by atomic mass is 79.9. The van der Waals surface area contributed by atoms with Gasteiger partial charge >= 0.3 is 0 Å². The van der Waals surface area contributed by atoms with Crippen molar-refractivity contribution in [3.05, 3.63) is 28.5 Å². The SMILES string of the molecule is CCCn1c(CNC2CC2)nc2cc(Br)ccc21. The van der Waals surface area contributed by atoms with Crippen LogP contribution in [-0.4, -0.2) is 15.6 Å². The first kappa shape index (κ1) is 12.2. The van der Waals surface area contributed by atoms with Gasteiger partial charge in [-0.15, -0.1) is 0 Å². The van der Waals surface area contributed by atoms with E-state index in [9.17, 15) is 0 Å². The van der Waals surface area contributed by atoms with Gasteiger partial charge in [-0.05, 0) is 37.5 Å². The molecule has 0 atom stereocenters. The number of benzene rings is 1. The van der Waals surface area contributed by atoms with Gasteiger partial charge in [0.15, 0.2) is 0 Å². The van der Waals surface area contributed by atoms with Crippen LogP contribution in [0.1, 0.15) is 32.0 Å². The average Bonchev–Trinajstić information content (AvgIpc) is 3.12. The number of aryl methyl sites for hydroxylation is 1. The zero-order chi connectivity index (χ0) is 12.5. The van der Waals surface area contributed by atoms with E-state index in [2.05, 4.69) is 50.9 Å². The number of aromatic nitrogens is 2. The quantitative estimate of drug-likeness (QED) is 0.917. The van der Waals surface area contributed by atoms with Crippen LogP contribution in [0.15, 0.2) is 22.7 Å². The van der Waals surface area contributed by atoms with Crippen LogP contribution in [0.3, 0.4) is 0 Å². The van der Waals surface area contributed by atoms with Gasteiger partial charge in [-0.1, -0.05) is 22.9 Å². The topological polar surface area (TPSA) is 29.9 Å². The standard InChI is InChI=1S/C14H18BrN3/c1-2-7-18-13-6-3-10(15)8-12(13)17-14(18)9-16-11-4-5-11/h3,6,8,11,16H,2,4-5,7,9H2,1H3. The summed E-state index contributed by atoms with van der Waals surface area (Å²) < 4.78 is 3.44. The molecule has 1 N–H and O–H groups in total. The summed E-state index contributed by atoms with van der Waals surface area (Å²) in [5.41, 5.74) is 2.33. The lowest BCUT2D eigenvalue weighted by atomic mass is 10.3. The largest absolute Gasteiger partial charge is 0.327 e. The van der Waals surface area contributed by atoms with E-state index in [0.717, 1.165) is 41.4 Å². The summed E-state index contributed by atoms with van der Waals surface area (Å²) in [5.74, 6) is 1.16. The van der Waals surface area contributed by atoms with Crippen LogP contribution in [0, 0.1) is 0 Å². The van der Waals surface area contributed by atoms with Crippen LogP contribution in [-0.2, 0) is 13.1 Å². The van der Waals surface area contributed by atoms with Crippen LogP contribution in [0.25, 0.3) is 11.0 Å². The normalized spacial score (nSPS) is 15.4. The molecule has 1 aliphatic carbocycles. The van der Waals surface area contributed by atoms with E-state index in [1.54, 1.807) is 0 Å². The molecule has 4 heteroatoms. The second kappa shape index (κ2) is 5.02. The molecule has 3 nitrogen and oxygen atoms in total. The number of hydrogen-bond acceptors (Lipinski definition) is 2. The van der Waals surface area contributed by atoms with E-state index in [1.807, 2.05) is 0 Å². The number of hydrogen-bond donors (Lipinski definition) is 1. The van der Waals surface area contributed by atoms with Gasteiger partial charge in [-0.3, -0.25) is 0 Å². The third-order valence-electron chi connectivity index (χ3n) is 3.36. The monoisotopic (exact) mass is 307 g/mol. The number of nitrogens with one attached hydrogen (secondary N) is 1. The second-order valence-electron chi connectivity index (χ2n) is 4.97. The van der Waals surface area contributed by atoms with Gasteiger partial charge in [0.2, 0.25) is 0 Å². The van der Waals surface area contributed by atoms with Gasteiger partial charge < -0.3 is 9.88 Å². The predicted molar refractivity (Wildman–Crippen MR) is 77.6 cm³/mol. The van der Waals surface area contributed by atoms with E-state index in [1.165, 1.54) is 18.4 Å². The molecule has 1 aromatic heterocycles. The Labute approximate surface area is 116 Å². The first-order valence-corrected chi connectivity index (χ1v) is 7.45. The van der Waals surface area contributed by atoms with Gasteiger partial charge in [0.25, 0.3) is 0 Å². The summed E-state index contributed by atoms with van der Waals surface area (Å²) in [6, 6.07) is 7.07. The fourth-order valence-electron chi connectivity index (χ4n) is 2.28. The molecule has 0 saturated heterocycles. The van der Waals surface area contributed by atoms with Crippen molar-refractivity contribution in [3.63, 3.8) is 0 Å². The third kappa shape index (κ3) is 2.45. The molecule has 18 heavy (non-hydrogen) atoms. The van der Waals surface area contributed by atoms with Crippen LogP contribution >= 0.6 is 15.9 Å². The molecule has 1 heterocycles. The molecular weight excluding hydrogens is 290 g/mol. The van der Waals surface area contributed by atoms with E-state index in [-0.39, 0.29) is 0 Å². The van der Waals surface area contributed by atoms with Crippen molar-refractivity contribution < 1.29 is 0 Å². The zero-order valence-corrected chi connectivity index (χ0v) is 12.2. The number of imidazole rings is 1. The molecule has 0 radical (unpaired) electrons. The maximum absolute atomic E-state index is 4.76. The van der Waals surface area contributed by atoms with Crippen LogP contribution in [0.5, 0.6) is 0 Å². The lowest BCUT2D eigenvalue weighted by molar-refractivity contribution is 0.596. The second-order valence-corrected chi connectivity index (χ2v) is 5.88. The molecule has 0 bridgehead atoms. The van der Waals surface area contributed by atoms with Crippen LogP contribution in [0.4, 0.5) is 0 Å². The molecule has 1 saturated carbocycles. The van der Waals surface area contributed by atoms with Gasteiger partial charge in [-0.25, -0.2) is 4.98 Å². The molecule has 0 aliphatic heterocycles. The smallest absolute Gasteiger partial charge is 0.123 e. The van der Waals surface area contributed by atoms with Crippen molar-refractivity contribution >= 4 is 27.0 Å². The molecule has 2 aromatic rings. The van der Waals surface area contributed by atoms with Gasteiger partial charge in [0.05, 0.1) is 17.6 Å². The Hall–Kier alpha value is -0.870. The van der Waals surface area contributed by atoms with Gasteiger partial charge in [0.1, 0.15) is 5.82 Å². The predicted octanol–water partition coefficient (Wildman–Crippen LogP) is 3.46. The summed E-state index contributed by atoms with van der Waals surface area (Å²) in [6.45, 7) is 4.14. The summed E-state index contributed by atoms with van der Waals surface area (Å²) in [4.78, 5) is 4.76. The number of halogens is 1. The fourth-order valence-corrected chi connectivity index (χ4v) is 2.63. The molecule has 0 spiro atoms. The van der Waals surface area contributed by atoms with Crippen molar-refractivity contribution in [1.29, 1.82) is 0 Å². The minimum absolute atomic E-state index is 0.728. The van der Waals surface area contributed by atoms with Crippen molar-refractivity contribution in [1.82, 2.24) is 14.9 Å². The molecule has 0 amide bonds. The summed E-state index contributed by atoms with van der Waals surface area (Å²) in [5, 5.41) is 3.55. The van der Waals surface area contributed by atoms with Crippen molar-refractivity contribution in [2.75, 3.05) is 0 Å². The fraction of sp³-hybridized carbons (Fsp3) is 0.500. The Morgan fingerprint density at radius 1 is 1.44 bits per heavy atom. The highest BCUT2D eigenvalue weighted by Crippen LogP contribution is 2.23. The number of rotatable bonds is 5. The number of fused-ring (bicyclic) bond motifs is 1. The van der Waals surface area contributed by atoms with Crippen LogP contribution in [0.2, 0.25) is 0 Å². The maximum Gasteiger partial charge on any atom is 0.123 e. The van der Waals surface area contributed by atoms with Crippen LogP contribution < -0.4 is 5.32 Å². The first-order chi connectivity index (χ1) is 8.78. The summed E-state index contributed by atoms with van der Waals surface area (Å²) in [6.07, 6.45) is 3.77. The van der Waals surface area contributed by atoms with Gasteiger partial charge in [-0.2, -0.15) is 0 Å². The Morgan fingerprint density at radius 2 is 2.28 bits per heavy atom. The molecule has 3 rings (SSSR count). The Bertz CT molecular complexity index is 557. The summed E-state index contributed by atoms with van der Waals surface area (Å²) >= 11 is 3.51. The lowest BCUT2D eigenvalue weighted by Gasteiger charge is -2.08. The van der Waals surface area contributed by atoms with E-state index in [0.29, 0.717) is 0 Å². The third-order valence-corrected chi connectivity index (χ3v) is 3.86. The van der Waals surface area contributed by atoms with E-state index < -0.39 is 0 Å². The van der Waals surface area contributed by atoms with E-state index in [4.69, 9.17) is 4.98 Å². The number of nitrogens with zero attached hydrogens (tertiary/aromatic N) is 2. The lowest BCUT2D eigenvalue weighted by Crippen LogP contribution is -2.19. The summed E-state index contributed by atoms with van der Waals surface area (Å²) in [7, 11) is 0. The van der Waals surface area contributed by atoms with Crippen molar-refractivity contribution in [2.45, 2.75) is 45.3 Å². The zero-order valence-electron chi connectivity index (χ0n) is 10.6. The average molecular weight is 308 g/mol. The van der Waals surface area contributed by atoms with Crippen molar-refractivity contribution in [2.24, 2.45) is 0 Å². The molecule has 96 valence electrons. The minimum Gasteiger partial charge on any atom is -0.327 e. The molecule has 1 aliphatic rings.